The molecule has 0 spiro atoms. The van der Waals surface area contributed by atoms with Gasteiger partial charge in [-0.3, -0.25) is 4.79 Å². The van der Waals surface area contributed by atoms with Crippen molar-refractivity contribution in [2.45, 2.75) is 18.6 Å². The van der Waals surface area contributed by atoms with Crippen LogP contribution in [0.4, 0.5) is 13.2 Å². The van der Waals surface area contributed by atoms with E-state index in [0.29, 0.717) is 0 Å². The van der Waals surface area contributed by atoms with Crippen molar-refractivity contribution in [3.05, 3.63) is 35.9 Å². The van der Waals surface area contributed by atoms with Crippen molar-refractivity contribution in [1.29, 1.82) is 0 Å². The molecule has 1 aromatic rings. The molecule has 0 saturated carbocycles. The van der Waals surface area contributed by atoms with Crippen molar-refractivity contribution in [1.82, 2.24) is 0 Å². The maximum atomic E-state index is 12.0. The summed E-state index contributed by atoms with van der Waals surface area (Å²) in [5.41, 5.74) is 5.09. The Morgan fingerprint density at radius 2 is 1.80 bits per heavy atom. The van der Waals surface area contributed by atoms with Crippen molar-refractivity contribution in [2.24, 2.45) is 5.73 Å². The van der Waals surface area contributed by atoms with E-state index in [1.165, 1.54) is 12.1 Å². The van der Waals surface area contributed by atoms with Gasteiger partial charge in [0.15, 0.2) is 5.78 Å². The number of halogens is 3. The fraction of sp³-hybridized carbons (Fsp3) is 0.300. The summed E-state index contributed by atoms with van der Waals surface area (Å²) in [7, 11) is 0. The van der Waals surface area contributed by atoms with Gasteiger partial charge in [0.05, 0.1) is 0 Å². The van der Waals surface area contributed by atoms with Crippen LogP contribution in [0, 0.1) is 0 Å². The third-order valence-electron chi connectivity index (χ3n) is 1.92. The Labute approximate surface area is 84.9 Å². The van der Waals surface area contributed by atoms with Crippen LogP contribution < -0.4 is 5.73 Å². The fourth-order valence-corrected chi connectivity index (χ4v) is 1.06. The number of Topliss-reactive ketones (excluding diaryl/α,β-unsaturated/α-hetero) is 1. The molecule has 0 saturated heterocycles. The van der Waals surface area contributed by atoms with Crippen molar-refractivity contribution >= 4 is 5.78 Å². The average Bonchev–Trinajstić information content (AvgIpc) is 2.17. The van der Waals surface area contributed by atoms with Crippen LogP contribution in [-0.4, -0.2) is 18.0 Å². The number of ketones is 1. The Morgan fingerprint density at radius 1 is 1.27 bits per heavy atom. The maximum Gasteiger partial charge on any atom is 0.404 e. The summed E-state index contributed by atoms with van der Waals surface area (Å²) in [6.07, 6.45) is -5.24. The number of carbonyl (C=O) groups excluding carboxylic acids is 1. The van der Waals surface area contributed by atoms with Gasteiger partial charge in [-0.05, 0) is 0 Å². The first-order valence-electron chi connectivity index (χ1n) is 4.32. The van der Waals surface area contributed by atoms with E-state index in [0.717, 1.165) is 0 Å². The molecule has 1 atom stereocenters. The number of carbonyl (C=O) groups is 1. The molecule has 15 heavy (non-hydrogen) atoms. The van der Waals surface area contributed by atoms with E-state index in [1.54, 1.807) is 18.2 Å². The van der Waals surface area contributed by atoms with Crippen molar-refractivity contribution in [3.63, 3.8) is 0 Å². The third kappa shape index (κ3) is 3.36. The molecule has 0 amide bonds. The van der Waals surface area contributed by atoms with Crippen LogP contribution in [0.1, 0.15) is 16.8 Å². The molecule has 0 aliphatic heterocycles. The first-order chi connectivity index (χ1) is 6.91. The van der Waals surface area contributed by atoms with Crippen LogP contribution in [0.5, 0.6) is 0 Å². The van der Waals surface area contributed by atoms with Gasteiger partial charge in [-0.25, -0.2) is 0 Å². The summed E-state index contributed by atoms with van der Waals surface area (Å²) in [5, 5.41) is 0. The topological polar surface area (TPSA) is 43.1 Å². The van der Waals surface area contributed by atoms with E-state index in [4.69, 9.17) is 5.73 Å². The highest BCUT2D eigenvalue weighted by Crippen LogP contribution is 2.21. The lowest BCUT2D eigenvalue weighted by molar-refractivity contribution is -0.146. The predicted molar refractivity (Wildman–Crippen MR) is 49.4 cm³/mol. The number of nitrogens with two attached hydrogens (primary N) is 1. The molecule has 82 valence electrons. The maximum absolute atomic E-state index is 12.0. The molecule has 0 heterocycles. The zero-order valence-corrected chi connectivity index (χ0v) is 7.79. The SMILES string of the molecule is N[C@@H](CC(=O)c1ccccc1)C(F)(F)F. The monoisotopic (exact) mass is 217 g/mol. The molecular weight excluding hydrogens is 207 g/mol. The van der Waals surface area contributed by atoms with Gasteiger partial charge in [0.1, 0.15) is 6.04 Å². The smallest absolute Gasteiger partial charge is 0.320 e. The predicted octanol–water partition coefficient (Wildman–Crippen LogP) is 2.15. The molecule has 2 nitrogen and oxygen atoms in total. The van der Waals surface area contributed by atoms with Crippen molar-refractivity contribution in [3.8, 4) is 0 Å². The zero-order valence-electron chi connectivity index (χ0n) is 7.79. The zero-order chi connectivity index (χ0) is 11.5. The number of benzene rings is 1. The van der Waals surface area contributed by atoms with Crippen molar-refractivity contribution in [2.75, 3.05) is 0 Å². The van der Waals surface area contributed by atoms with Crippen molar-refractivity contribution < 1.29 is 18.0 Å². The Kier molecular flexibility index (Phi) is 3.47. The molecule has 0 aliphatic rings. The summed E-state index contributed by atoms with van der Waals surface area (Å²) >= 11 is 0. The second kappa shape index (κ2) is 4.44. The van der Waals surface area contributed by atoms with Crippen LogP contribution in [0.2, 0.25) is 0 Å². The van der Waals surface area contributed by atoms with Crippen LogP contribution in [0.3, 0.4) is 0 Å². The van der Waals surface area contributed by atoms with Crippen LogP contribution in [-0.2, 0) is 0 Å². The van der Waals surface area contributed by atoms with Crippen LogP contribution in [0.15, 0.2) is 30.3 Å². The molecule has 1 rings (SSSR count). The number of alkyl halides is 3. The lowest BCUT2D eigenvalue weighted by Crippen LogP contribution is -2.39. The lowest BCUT2D eigenvalue weighted by Gasteiger charge is -2.14. The molecule has 1 aromatic carbocycles. The molecule has 0 bridgehead atoms. The molecule has 0 unspecified atom stereocenters. The molecule has 0 radical (unpaired) electrons. The van der Waals surface area contributed by atoms with E-state index >= 15 is 0 Å². The largest absolute Gasteiger partial charge is 0.404 e. The van der Waals surface area contributed by atoms with Gasteiger partial charge in [-0.1, -0.05) is 30.3 Å². The number of rotatable bonds is 3. The summed E-state index contributed by atoms with van der Waals surface area (Å²) in [6, 6.07) is 5.70. The van der Waals surface area contributed by atoms with Gasteiger partial charge in [0.25, 0.3) is 0 Å². The highest BCUT2D eigenvalue weighted by Gasteiger charge is 2.37. The molecule has 5 heteroatoms. The van der Waals surface area contributed by atoms with E-state index in [9.17, 15) is 18.0 Å². The summed E-state index contributed by atoms with van der Waals surface area (Å²) in [6.45, 7) is 0. The summed E-state index contributed by atoms with van der Waals surface area (Å²) in [4.78, 5) is 11.3. The van der Waals surface area contributed by atoms with E-state index < -0.39 is 24.4 Å². The minimum Gasteiger partial charge on any atom is -0.320 e. The van der Waals surface area contributed by atoms with E-state index in [1.807, 2.05) is 0 Å². The quantitative estimate of drug-likeness (QED) is 0.788. The molecular formula is C10H10F3NO. The van der Waals surface area contributed by atoms with Gasteiger partial charge in [0.2, 0.25) is 0 Å². The Bertz CT molecular complexity index is 334. The normalized spacial score (nSPS) is 13.6. The number of hydrogen-bond donors (Lipinski definition) is 1. The summed E-state index contributed by atoms with van der Waals surface area (Å²) < 4.78 is 36.1. The second-order valence-corrected chi connectivity index (χ2v) is 3.14. The fourth-order valence-electron chi connectivity index (χ4n) is 1.06. The number of hydrogen-bond acceptors (Lipinski definition) is 2. The average molecular weight is 217 g/mol. The van der Waals surface area contributed by atoms with Gasteiger partial charge in [0, 0.05) is 12.0 Å². The van der Waals surface area contributed by atoms with Crippen LogP contribution >= 0.6 is 0 Å². The van der Waals surface area contributed by atoms with Gasteiger partial charge >= 0.3 is 6.18 Å². The lowest BCUT2D eigenvalue weighted by atomic mass is 10.0. The third-order valence-corrected chi connectivity index (χ3v) is 1.92. The standard InChI is InChI=1S/C10H10F3NO/c11-10(12,13)9(14)6-8(15)7-4-2-1-3-5-7/h1-5,9H,6,14H2/t9-/m0/s1. The van der Waals surface area contributed by atoms with Gasteiger partial charge in [-0.2, -0.15) is 13.2 Å². The summed E-state index contributed by atoms with van der Waals surface area (Å²) in [5.74, 6) is -0.597. The van der Waals surface area contributed by atoms with E-state index in [-0.39, 0.29) is 5.56 Å². The second-order valence-electron chi connectivity index (χ2n) is 3.14. The minimum absolute atomic E-state index is 0.247. The Hall–Kier alpha value is -1.36. The van der Waals surface area contributed by atoms with E-state index in [2.05, 4.69) is 0 Å². The minimum atomic E-state index is -4.52. The highest BCUT2D eigenvalue weighted by atomic mass is 19.4. The van der Waals surface area contributed by atoms with Gasteiger partial charge in [-0.15, -0.1) is 0 Å². The molecule has 2 N–H and O–H groups in total. The molecule has 0 fully saturated rings. The Balaban J connectivity index is 2.65. The van der Waals surface area contributed by atoms with Gasteiger partial charge < -0.3 is 5.73 Å². The molecule has 0 aliphatic carbocycles. The first kappa shape index (κ1) is 11.7. The highest BCUT2D eigenvalue weighted by molar-refractivity contribution is 5.96. The van der Waals surface area contributed by atoms with Crippen LogP contribution in [0.25, 0.3) is 0 Å². The first-order valence-corrected chi connectivity index (χ1v) is 4.32. The Morgan fingerprint density at radius 3 is 2.27 bits per heavy atom. The molecule has 0 aromatic heterocycles.